The number of aromatic nitrogens is 2. The van der Waals surface area contributed by atoms with Gasteiger partial charge in [0.25, 0.3) is 0 Å². The summed E-state index contributed by atoms with van der Waals surface area (Å²) in [5, 5.41) is 16.4. The van der Waals surface area contributed by atoms with Gasteiger partial charge >= 0.3 is 0 Å². The van der Waals surface area contributed by atoms with E-state index < -0.39 is 0 Å². The van der Waals surface area contributed by atoms with Crippen molar-refractivity contribution in [2.45, 2.75) is 64.9 Å². The summed E-state index contributed by atoms with van der Waals surface area (Å²) >= 11 is 0. The SMILES string of the molecule is Cn1nc2ccccc2c1C1=CCC2C3CC=C4CC(O)CCC4(C)C3CCC12C. The zero-order valence-corrected chi connectivity index (χ0v) is 18.6. The predicted molar refractivity (Wildman–Crippen MR) is 122 cm³/mol. The molecule has 0 radical (unpaired) electrons. The first-order chi connectivity index (χ1) is 14.4. The normalized spacial score (nSPS) is 40.4. The van der Waals surface area contributed by atoms with Crippen LogP contribution in [-0.2, 0) is 7.05 Å². The number of aliphatic hydroxyl groups is 1. The smallest absolute Gasteiger partial charge is 0.0929 e. The summed E-state index contributed by atoms with van der Waals surface area (Å²) in [6, 6.07) is 8.61. The number of benzene rings is 1. The van der Waals surface area contributed by atoms with Crippen LogP contribution in [0.25, 0.3) is 16.5 Å². The minimum absolute atomic E-state index is 0.118. The topological polar surface area (TPSA) is 38.0 Å². The standard InChI is InChI=1S/C27H34N2O/c1-26-14-12-18(30)16-17(26)8-9-19-21-10-11-23(27(21,2)15-13-22(19)26)25-20-6-4-5-7-24(20)28-29(25)3/h4-8,11,18-19,21-22,30H,9-10,12-16H2,1-3H3. The van der Waals surface area contributed by atoms with Gasteiger partial charge in [-0.25, -0.2) is 0 Å². The van der Waals surface area contributed by atoms with Crippen LogP contribution < -0.4 is 0 Å². The average molecular weight is 403 g/mol. The Balaban J connectivity index is 1.38. The first-order valence-electron chi connectivity index (χ1n) is 11.9. The van der Waals surface area contributed by atoms with Gasteiger partial charge in [-0.05, 0) is 85.2 Å². The molecule has 1 aromatic carbocycles. The molecule has 158 valence electrons. The van der Waals surface area contributed by atoms with Gasteiger partial charge in [0.1, 0.15) is 0 Å². The lowest BCUT2D eigenvalue weighted by molar-refractivity contribution is -0.0239. The lowest BCUT2D eigenvalue weighted by atomic mass is 9.47. The fourth-order valence-corrected chi connectivity index (χ4v) is 8.04. The molecule has 6 atom stereocenters. The fourth-order valence-electron chi connectivity index (χ4n) is 8.04. The molecule has 3 nitrogen and oxygen atoms in total. The molecule has 4 aliphatic carbocycles. The second kappa shape index (κ2) is 6.32. The van der Waals surface area contributed by atoms with E-state index in [1.165, 1.54) is 36.8 Å². The summed E-state index contributed by atoms with van der Waals surface area (Å²) in [5.41, 5.74) is 6.11. The summed E-state index contributed by atoms with van der Waals surface area (Å²) in [4.78, 5) is 0. The third-order valence-corrected chi connectivity index (χ3v) is 9.65. The van der Waals surface area contributed by atoms with Crippen LogP contribution in [0.15, 0.2) is 42.0 Å². The molecule has 1 N–H and O–H groups in total. The Hall–Kier alpha value is -1.87. The highest BCUT2D eigenvalue weighted by molar-refractivity contribution is 5.92. The molecule has 1 heterocycles. The van der Waals surface area contributed by atoms with E-state index in [4.69, 9.17) is 5.10 Å². The van der Waals surface area contributed by atoms with Crippen LogP contribution in [0.5, 0.6) is 0 Å². The van der Waals surface area contributed by atoms with E-state index in [1.807, 2.05) is 0 Å². The van der Waals surface area contributed by atoms with Gasteiger partial charge in [0.2, 0.25) is 0 Å². The zero-order valence-electron chi connectivity index (χ0n) is 18.6. The van der Waals surface area contributed by atoms with E-state index >= 15 is 0 Å². The Bertz CT molecular complexity index is 1080. The van der Waals surface area contributed by atoms with Crippen molar-refractivity contribution in [2.75, 3.05) is 0 Å². The van der Waals surface area contributed by atoms with Crippen molar-refractivity contribution in [3.63, 3.8) is 0 Å². The van der Waals surface area contributed by atoms with Gasteiger partial charge in [0.05, 0.1) is 17.3 Å². The molecule has 0 aliphatic heterocycles. The Morgan fingerprint density at radius 2 is 1.80 bits per heavy atom. The Kier molecular flexibility index (Phi) is 3.98. The van der Waals surface area contributed by atoms with Crippen molar-refractivity contribution in [1.82, 2.24) is 9.78 Å². The van der Waals surface area contributed by atoms with Crippen molar-refractivity contribution in [2.24, 2.45) is 35.6 Å². The van der Waals surface area contributed by atoms with Crippen LogP contribution in [0, 0.1) is 28.6 Å². The number of allylic oxidation sites excluding steroid dienone is 3. The maximum absolute atomic E-state index is 10.2. The number of aryl methyl sites for hydroxylation is 1. The molecule has 0 spiro atoms. The van der Waals surface area contributed by atoms with Gasteiger partial charge in [0.15, 0.2) is 0 Å². The number of aliphatic hydroxyl groups excluding tert-OH is 1. The van der Waals surface area contributed by atoms with E-state index in [1.54, 1.807) is 11.1 Å². The highest BCUT2D eigenvalue weighted by Gasteiger charge is 2.57. The molecule has 2 fully saturated rings. The molecular weight excluding hydrogens is 368 g/mol. The Morgan fingerprint density at radius 3 is 2.67 bits per heavy atom. The molecule has 6 unspecified atom stereocenters. The monoisotopic (exact) mass is 402 g/mol. The lowest BCUT2D eigenvalue weighted by Crippen LogP contribution is -2.49. The second-order valence-electron chi connectivity index (χ2n) is 11.0. The summed E-state index contributed by atoms with van der Waals surface area (Å²) in [7, 11) is 2.11. The first-order valence-corrected chi connectivity index (χ1v) is 11.9. The minimum Gasteiger partial charge on any atom is -0.393 e. The molecule has 1 aromatic heterocycles. The maximum atomic E-state index is 10.2. The molecule has 0 amide bonds. The molecule has 2 aromatic rings. The van der Waals surface area contributed by atoms with Crippen LogP contribution >= 0.6 is 0 Å². The van der Waals surface area contributed by atoms with Crippen molar-refractivity contribution in [3.05, 3.63) is 47.7 Å². The number of nitrogens with zero attached hydrogens (tertiary/aromatic N) is 2. The van der Waals surface area contributed by atoms with Gasteiger partial charge < -0.3 is 5.11 Å². The Morgan fingerprint density at radius 1 is 1.00 bits per heavy atom. The molecule has 0 saturated heterocycles. The summed E-state index contributed by atoms with van der Waals surface area (Å²) in [6.07, 6.45) is 13.0. The summed E-state index contributed by atoms with van der Waals surface area (Å²) in [6.45, 7) is 5.06. The van der Waals surface area contributed by atoms with Crippen molar-refractivity contribution < 1.29 is 5.11 Å². The maximum Gasteiger partial charge on any atom is 0.0929 e. The van der Waals surface area contributed by atoms with Gasteiger partial charge in [-0.3, -0.25) is 4.68 Å². The summed E-state index contributed by atoms with van der Waals surface area (Å²) in [5.74, 6) is 2.27. The molecule has 0 bridgehead atoms. The zero-order chi connectivity index (χ0) is 20.7. The lowest BCUT2D eigenvalue weighted by Gasteiger charge is -2.57. The van der Waals surface area contributed by atoms with Crippen molar-refractivity contribution in [3.8, 4) is 0 Å². The van der Waals surface area contributed by atoms with Gasteiger partial charge in [-0.15, -0.1) is 0 Å². The highest BCUT2D eigenvalue weighted by Crippen LogP contribution is 2.66. The number of hydrogen-bond acceptors (Lipinski definition) is 2. The second-order valence-corrected chi connectivity index (χ2v) is 11.0. The van der Waals surface area contributed by atoms with Crippen molar-refractivity contribution >= 4 is 16.5 Å². The van der Waals surface area contributed by atoms with Crippen LogP contribution in [0.2, 0.25) is 0 Å². The first kappa shape index (κ1) is 18.9. The highest BCUT2D eigenvalue weighted by atomic mass is 16.3. The molecule has 4 aliphatic rings. The molecule has 2 saturated carbocycles. The van der Waals surface area contributed by atoms with E-state index in [2.05, 4.69) is 62.0 Å². The molecule has 30 heavy (non-hydrogen) atoms. The van der Waals surface area contributed by atoms with Gasteiger partial charge in [-0.1, -0.05) is 49.8 Å². The van der Waals surface area contributed by atoms with Crippen LogP contribution in [0.4, 0.5) is 0 Å². The van der Waals surface area contributed by atoms with E-state index in [0.29, 0.717) is 5.41 Å². The average Bonchev–Trinajstić information content (AvgIpc) is 3.24. The Labute approximate surface area is 179 Å². The van der Waals surface area contributed by atoms with Gasteiger partial charge in [-0.2, -0.15) is 5.10 Å². The van der Waals surface area contributed by atoms with E-state index in [-0.39, 0.29) is 11.5 Å². The quantitative estimate of drug-likeness (QED) is 0.604. The molecule has 3 heteroatoms. The van der Waals surface area contributed by atoms with Crippen LogP contribution in [-0.4, -0.2) is 21.0 Å². The van der Waals surface area contributed by atoms with Crippen LogP contribution in [0.1, 0.15) is 64.5 Å². The van der Waals surface area contributed by atoms with Crippen molar-refractivity contribution in [1.29, 1.82) is 0 Å². The largest absolute Gasteiger partial charge is 0.393 e. The minimum atomic E-state index is -0.118. The summed E-state index contributed by atoms with van der Waals surface area (Å²) < 4.78 is 2.12. The number of rotatable bonds is 1. The number of fused-ring (bicyclic) bond motifs is 6. The third-order valence-electron chi connectivity index (χ3n) is 9.65. The predicted octanol–water partition coefficient (Wildman–Crippen LogP) is 5.89. The fraction of sp³-hybridized carbons (Fsp3) is 0.593. The number of hydrogen-bond donors (Lipinski definition) is 1. The van der Waals surface area contributed by atoms with E-state index in [9.17, 15) is 5.11 Å². The third kappa shape index (κ3) is 2.39. The molecule has 6 rings (SSSR count). The van der Waals surface area contributed by atoms with Gasteiger partial charge in [0, 0.05) is 12.4 Å². The molecular formula is C27H34N2O. The van der Waals surface area contributed by atoms with Crippen LogP contribution in [0.3, 0.4) is 0 Å². The van der Waals surface area contributed by atoms with E-state index in [0.717, 1.165) is 42.5 Å².